The van der Waals surface area contributed by atoms with Crippen molar-refractivity contribution >= 4 is 32.6 Å². The molecule has 5 rings (SSSR count). The average molecular weight is 487 g/mol. The minimum atomic E-state index is -0.0592. The lowest BCUT2D eigenvalue weighted by Gasteiger charge is -2.34. The Kier molecular flexibility index (Phi) is 7.25. The minimum Gasteiger partial charge on any atom is -0.457 e. The molecule has 0 spiro atoms. The van der Waals surface area contributed by atoms with Crippen LogP contribution in [0, 0.1) is 0 Å². The summed E-state index contributed by atoms with van der Waals surface area (Å²) in [4.78, 5) is 22.3. The van der Waals surface area contributed by atoms with E-state index in [1.807, 2.05) is 42.5 Å². The lowest BCUT2D eigenvalue weighted by atomic mass is 10.1. The lowest BCUT2D eigenvalue weighted by Crippen LogP contribution is -2.48. The topological polar surface area (TPSA) is 57.7 Å². The summed E-state index contributed by atoms with van der Waals surface area (Å²) in [6.07, 6.45) is 1.01. The Balaban J connectivity index is 1.07. The molecule has 1 aliphatic heterocycles. The number of carbonyl (C=O) groups is 1. The van der Waals surface area contributed by atoms with Gasteiger partial charge < -0.3 is 15.0 Å². The molecule has 0 bridgehead atoms. The van der Waals surface area contributed by atoms with E-state index in [0.29, 0.717) is 17.9 Å². The number of carbonyl (C=O) groups excluding carboxylic acids is 1. The van der Waals surface area contributed by atoms with Gasteiger partial charge in [0.15, 0.2) is 5.13 Å². The van der Waals surface area contributed by atoms with Crippen LogP contribution in [0.25, 0.3) is 10.2 Å². The van der Waals surface area contributed by atoms with Gasteiger partial charge in [0, 0.05) is 44.8 Å². The molecule has 0 aliphatic carbocycles. The van der Waals surface area contributed by atoms with Crippen LogP contribution < -0.4 is 15.0 Å². The monoisotopic (exact) mass is 486 g/mol. The van der Waals surface area contributed by atoms with Gasteiger partial charge >= 0.3 is 0 Å². The van der Waals surface area contributed by atoms with E-state index >= 15 is 0 Å². The number of anilines is 1. The molecule has 0 radical (unpaired) electrons. The van der Waals surface area contributed by atoms with Crippen LogP contribution in [-0.4, -0.2) is 55.1 Å². The van der Waals surface area contributed by atoms with Crippen LogP contribution in [0.1, 0.15) is 22.8 Å². The smallest absolute Gasteiger partial charge is 0.251 e. The van der Waals surface area contributed by atoms with Gasteiger partial charge in [-0.1, -0.05) is 48.6 Å². The lowest BCUT2D eigenvalue weighted by molar-refractivity contribution is 0.0948. The molecule has 0 saturated carbocycles. The molecular weight excluding hydrogens is 456 g/mol. The number of piperazine rings is 1. The second-order valence-corrected chi connectivity index (χ2v) is 9.65. The Morgan fingerprint density at radius 1 is 0.943 bits per heavy atom. The van der Waals surface area contributed by atoms with Crippen molar-refractivity contribution in [1.82, 2.24) is 15.2 Å². The van der Waals surface area contributed by atoms with Crippen LogP contribution in [0.3, 0.4) is 0 Å². The second-order valence-electron chi connectivity index (χ2n) is 8.64. The third-order valence-electron chi connectivity index (χ3n) is 6.32. The predicted octanol–water partition coefficient (Wildman–Crippen LogP) is 5.20. The normalized spacial score (nSPS) is 14.3. The number of nitrogens with one attached hydrogen (secondary N) is 1. The predicted molar refractivity (Wildman–Crippen MR) is 143 cm³/mol. The van der Waals surface area contributed by atoms with Crippen LogP contribution in [0.5, 0.6) is 11.5 Å². The molecule has 0 unspecified atom stereocenters. The highest BCUT2D eigenvalue weighted by Crippen LogP contribution is 2.31. The van der Waals surface area contributed by atoms with Gasteiger partial charge in [0.2, 0.25) is 0 Å². The molecule has 2 heterocycles. The maximum Gasteiger partial charge on any atom is 0.251 e. The zero-order valence-corrected chi connectivity index (χ0v) is 20.8. The summed E-state index contributed by atoms with van der Waals surface area (Å²) in [5, 5.41) is 4.16. The van der Waals surface area contributed by atoms with E-state index in [9.17, 15) is 4.79 Å². The number of ether oxygens (including phenoxy) is 1. The first kappa shape index (κ1) is 23.3. The van der Waals surface area contributed by atoms with E-state index in [1.165, 1.54) is 10.3 Å². The number of benzene rings is 3. The minimum absolute atomic E-state index is 0.0592. The zero-order chi connectivity index (χ0) is 24.0. The van der Waals surface area contributed by atoms with Crippen molar-refractivity contribution in [3.8, 4) is 11.5 Å². The summed E-state index contributed by atoms with van der Waals surface area (Å²) in [6, 6.07) is 23.3. The number of para-hydroxylation sites is 2. The highest BCUT2D eigenvalue weighted by Gasteiger charge is 2.20. The third kappa shape index (κ3) is 5.63. The Bertz CT molecular complexity index is 1270. The Hall–Kier alpha value is -3.42. The molecular formula is C28H30N4O2S. The first-order valence-corrected chi connectivity index (χ1v) is 13.0. The van der Waals surface area contributed by atoms with Gasteiger partial charge in [-0.15, -0.1) is 0 Å². The quantitative estimate of drug-likeness (QED) is 0.371. The number of thiazole rings is 1. The first-order chi connectivity index (χ1) is 17.2. The van der Waals surface area contributed by atoms with Crippen LogP contribution in [-0.2, 0) is 6.42 Å². The van der Waals surface area contributed by atoms with Gasteiger partial charge in [0.05, 0.1) is 10.2 Å². The number of hydrogen-bond donors (Lipinski definition) is 1. The molecule has 1 aliphatic rings. The number of aromatic nitrogens is 1. The molecule has 7 heteroatoms. The zero-order valence-electron chi connectivity index (χ0n) is 19.9. The molecule has 3 aromatic carbocycles. The Labute approximate surface area is 210 Å². The highest BCUT2D eigenvalue weighted by atomic mass is 32.1. The van der Waals surface area contributed by atoms with Gasteiger partial charge in [-0.3, -0.25) is 9.69 Å². The third-order valence-corrected chi connectivity index (χ3v) is 7.41. The van der Waals surface area contributed by atoms with Crippen molar-refractivity contribution in [2.75, 3.05) is 44.2 Å². The van der Waals surface area contributed by atoms with Crippen molar-refractivity contribution in [3.63, 3.8) is 0 Å². The first-order valence-electron chi connectivity index (χ1n) is 12.2. The molecule has 35 heavy (non-hydrogen) atoms. The van der Waals surface area contributed by atoms with Crippen LogP contribution in [0.15, 0.2) is 72.8 Å². The number of aryl methyl sites for hydroxylation is 1. The van der Waals surface area contributed by atoms with Gasteiger partial charge in [0.1, 0.15) is 11.5 Å². The number of fused-ring (bicyclic) bond motifs is 1. The molecule has 6 nitrogen and oxygen atoms in total. The molecule has 4 aromatic rings. The van der Waals surface area contributed by atoms with Gasteiger partial charge in [-0.25, -0.2) is 4.98 Å². The van der Waals surface area contributed by atoms with Crippen molar-refractivity contribution in [2.45, 2.75) is 13.3 Å². The maximum absolute atomic E-state index is 12.5. The molecule has 1 fully saturated rings. The fourth-order valence-electron chi connectivity index (χ4n) is 4.31. The van der Waals surface area contributed by atoms with Crippen LogP contribution in [0.4, 0.5) is 5.13 Å². The Morgan fingerprint density at radius 2 is 1.69 bits per heavy atom. The standard InChI is InChI=1S/C28H30N4O2S/c1-2-21-7-6-10-25-26(21)30-28(35-25)32-19-17-31(18-20-32)16-15-29-27(33)22-11-13-24(14-12-22)34-23-8-4-3-5-9-23/h3-14H,2,15-20H2,1H3,(H,29,33). The molecule has 1 saturated heterocycles. The summed E-state index contributed by atoms with van der Waals surface area (Å²) in [7, 11) is 0. The average Bonchev–Trinajstić information content (AvgIpc) is 3.35. The van der Waals surface area contributed by atoms with Crippen LogP contribution in [0.2, 0.25) is 0 Å². The largest absolute Gasteiger partial charge is 0.457 e. The molecule has 1 aromatic heterocycles. The fraction of sp³-hybridized carbons (Fsp3) is 0.286. The van der Waals surface area contributed by atoms with E-state index in [-0.39, 0.29) is 5.91 Å². The van der Waals surface area contributed by atoms with E-state index in [2.05, 4.69) is 40.2 Å². The van der Waals surface area contributed by atoms with Gasteiger partial charge in [-0.2, -0.15) is 0 Å². The molecule has 0 atom stereocenters. The summed E-state index contributed by atoms with van der Waals surface area (Å²) >= 11 is 1.79. The summed E-state index contributed by atoms with van der Waals surface area (Å²) in [5.74, 6) is 1.43. The Morgan fingerprint density at radius 3 is 2.43 bits per heavy atom. The number of rotatable bonds is 8. The van der Waals surface area contributed by atoms with E-state index < -0.39 is 0 Å². The molecule has 1 amide bonds. The van der Waals surface area contributed by atoms with Crippen molar-refractivity contribution in [1.29, 1.82) is 0 Å². The second kappa shape index (κ2) is 10.9. The number of amides is 1. The van der Waals surface area contributed by atoms with E-state index in [0.717, 1.165) is 55.5 Å². The summed E-state index contributed by atoms with van der Waals surface area (Å²) in [6.45, 7) is 7.50. The van der Waals surface area contributed by atoms with Crippen molar-refractivity contribution < 1.29 is 9.53 Å². The summed E-state index contributed by atoms with van der Waals surface area (Å²) in [5.41, 5.74) is 3.11. The van der Waals surface area contributed by atoms with Crippen molar-refractivity contribution in [3.05, 3.63) is 83.9 Å². The van der Waals surface area contributed by atoms with Crippen molar-refractivity contribution in [2.24, 2.45) is 0 Å². The van der Waals surface area contributed by atoms with E-state index in [4.69, 9.17) is 9.72 Å². The highest BCUT2D eigenvalue weighted by molar-refractivity contribution is 7.22. The van der Waals surface area contributed by atoms with Crippen LogP contribution >= 0.6 is 11.3 Å². The van der Waals surface area contributed by atoms with Gasteiger partial charge in [0.25, 0.3) is 5.91 Å². The van der Waals surface area contributed by atoms with Gasteiger partial charge in [-0.05, 0) is 54.4 Å². The van der Waals surface area contributed by atoms with E-state index in [1.54, 1.807) is 23.5 Å². The molecule has 1 N–H and O–H groups in total. The molecule has 180 valence electrons. The number of nitrogens with zero attached hydrogens (tertiary/aromatic N) is 3. The number of hydrogen-bond acceptors (Lipinski definition) is 6. The summed E-state index contributed by atoms with van der Waals surface area (Å²) < 4.78 is 7.06. The maximum atomic E-state index is 12.5. The SMILES string of the molecule is CCc1cccc2sc(N3CCN(CCNC(=O)c4ccc(Oc5ccccc5)cc4)CC3)nc12. The fourth-order valence-corrected chi connectivity index (χ4v) is 5.37.